The highest BCUT2D eigenvalue weighted by Gasteiger charge is 2.13. The van der Waals surface area contributed by atoms with E-state index in [0.29, 0.717) is 11.3 Å². The molecular formula is C14H10BrFN2O3. The van der Waals surface area contributed by atoms with Gasteiger partial charge in [-0.2, -0.15) is 0 Å². The molecule has 0 saturated heterocycles. The van der Waals surface area contributed by atoms with Crippen LogP contribution in [0.1, 0.15) is 15.9 Å². The molecule has 1 amide bonds. The molecule has 0 aromatic heterocycles. The summed E-state index contributed by atoms with van der Waals surface area (Å²) in [6.07, 6.45) is 0. The molecule has 0 heterocycles. The molecule has 0 fully saturated rings. The van der Waals surface area contributed by atoms with E-state index in [1.807, 2.05) is 0 Å². The van der Waals surface area contributed by atoms with Crippen LogP contribution in [-0.2, 0) is 0 Å². The minimum absolute atomic E-state index is 0.126. The summed E-state index contributed by atoms with van der Waals surface area (Å²) >= 11 is 3.00. The first-order valence-corrected chi connectivity index (χ1v) is 6.69. The first-order chi connectivity index (χ1) is 9.88. The maximum Gasteiger partial charge on any atom is 0.271 e. The number of nitro benzene ring substituents is 1. The van der Waals surface area contributed by atoms with Gasteiger partial charge < -0.3 is 5.32 Å². The molecule has 0 atom stereocenters. The van der Waals surface area contributed by atoms with Gasteiger partial charge in [-0.1, -0.05) is 6.07 Å². The lowest BCUT2D eigenvalue weighted by Crippen LogP contribution is -2.13. The molecule has 0 unspecified atom stereocenters. The number of nitrogens with one attached hydrogen (secondary N) is 1. The molecule has 0 bridgehead atoms. The van der Waals surface area contributed by atoms with E-state index in [4.69, 9.17) is 0 Å². The SMILES string of the molecule is Cc1ccc([N+](=O)[O-])cc1NC(=O)c1ccc(Br)c(F)c1. The number of amides is 1. The Hall–Kier alpha value is -2.28. The fourth-order valence-electron chi connectivity index (χ4n) is 1.69. The Morgan fingerprint density at radius 2 is 2.00 bits per heavy atom. The average Bonchev–Trinajstić information content (AvgIpc) is 2.43. The minimum atomic E-state index is -0.557. The zero-order valence-corrected chi connectivity index (χ0v) is 12.5. The number of nitro groups is 1. The molecule has 2 rings (SSSR count). The molecule has 5 nitrogen and oxygen atoms in total. The van der Waals surface area contributed by atoms with E-state index in [1.54, 1.807) is 6.92 Å². The Balaban J connectivity index is 2.28. The molecule has 0 radical (unpaired) electrons. The van der Waals surface area contributed by atoms with Crippen molar-refractivity contribution in [2.45, 2.75) is 6.92 Å². The van der Waals surface area contributed by atoms with Gasteiger partial charge in [-0.25, -0.2) is 4.39 Å². The number of halogens is 2. The second kappa shape index (κ2) is 6.01. The van der Waals surface area contributed by atoms with Crippen molar-refractivity contribution in [3.63, 3.8) is 0 Å². The number of hydrogen-bond acceptors (Lipinski definition) is 3. The number of non-ortho nitro benzene ring substituents is 1. The van der Waals surface area contributed by atoms with E-state index < -0.39 is 16.6 Å². The Kier molecular flexibility index (Phi) is 4.32. The smallest absolute Gasteiger partial charge is 0.271 e. The zero-order chi connectivity index (χ0) is 15.6. The first-order valence-electron chi connectivity index (χ1n) is 5.90. The van der Waals surface area contributed by atoms with Gasteiger partial charge in [-0.3, -0.25) is 14.9 Å². The number of benzene rings is 2. The molecule has 7 heteroatoms. The highest BCUT2D eigenvalue weighted by atomic mass is 79.9. The summed E-state index contributed by atoms with van der Waals surface area (Å²) in [6.45, 7) is 1.71. The number of anilines is 1. The summed E-state index contributed by atoms with van der Waals surface area (Å²) in [5, 5.41) is 13.3. The van der Waals surface area contributed by atoms with Crippen LogP contribution >= 0.6 is 15.9 Å². The third kappa shape index (κ3) is 3.43. The molecule has 0 aliphatic rings. The van der Waals surface area contributed by atoms with Crippen LogP contribution in [0, 0.1) is 22.9 Å². The Bertz CT molecular complexity index is 734. The number of carbonyl (C=O) groups excluding carboxylic acids is 1. The largest absolute Gasteiger partial charge is 0.321 e. The Labute approximate surface area is 128 Å². The van der Waals surface area contributed by atoms with Crippen LogP contribution in [-0.4, -0.2) is 10.8 Å². The molecule has 108 valence electrons. The van der Waals surface area contributed by atoms with Gasteiger partial charge in [-0.05, 0) is 46.6 Å². The second-order valence-electron chi connectivity index (χ2n) is 4.34. The lowest BCUT2D eigenvalue weighted by Gasteiger charge is -2.08. The number of hydrogen-bond donors (Lipinski definition) is 1. The molecule has 0 saturated carbocycles. The number of rotatable bonds is 3. The fraction of sp³-hybridized carbons (Fsp3) is 0.0714. The second-order valence-corrected chi connectivity index (χ2v) is 5.19. The van der Waals surface area contributed by atoms with E-state index in [0.717, 1.165) is 6.07 Å². The standard InChI is InChI=1S/C14H10BrFN2O3/c1-8-2-4-10(18(20)21)7-13(8)17-14(19)9-3-5-11(15)12(16)6-9/h2-7H,1H3,(H,17,19). The summed E-state index contributed by atoms with van der Waals surface area (Å²) in [6, 6.07) is 8.12. The molecule has 2 aromatic carbocycles. The minimum Gasteiger partial charge on any atom is -0.321 e. The number of aryl methyl sites for hydroxylation is 1. The van der Waals surface area contributed by atoms with Crippen molar-refractivity contribution in [3.8, 4) is 0 Å². The third-order valence-electron chi connectivity index (χ3n) is 2.86. The van der Waals surface area contributed by atoms with Crippen molar-refractivity contribution in [3.05, 3.63) is 67.9 Å². The van der Waals surface area contributed by atoms with Gasteiger partial charge in [0, 0.05) is 17.7 Å². The summed E-state index contributed by atoms with van der Waals surface area (Å²) in [7, 11) is 0. The molecule has 0 aliphatic carbocycles. The summed E-state index contributed by atoms with van der Waals surface area (Å²) in [5.74, 6) is -1.09. The monoisotopic (exact) mass is 352 g/mol. The topological polar surface area (TPSA) is 72.2 Å². The maximum absolute atomic E-state index is 13.4. The first kappa shape index (κ1) is 15.1. The Morgan fingerprint density at radius 1 is 1.29 bits per heavy atom. The average molecular weight is 353 g/mol. The van der Waals surface area contributed by atoms with Crippen molar-refractivity contribution >= 4 is 33.2 Å². The summed E-state index contributed by atoms with van der Waals surface area (Å²) < 4.78 is 13.7. The van der Waals surface area contributed by atoms with Gasteiger partial charge in [0.05, 0.1) is 15.1 Å². The van der Waals surface area contributed by atoms with Crippen LogP contribution in [0.4, 0.5) is 15.8 Å². The van der Waals surface area contributed by atoms with Crippen LogP contribution in [0.3, 0.4) is 0 Å². The van der Waals surface area contributed by atoms with Crippen molar-refractivity contribution in [2.24, 2.45) is 0 Å². The van der Waals surface area contributed by atoms with Gasteiger partial charge in [0.2, 0.25) is 0 Å². The van der Waals surface area contributed by atoms with E-state index >= 15 is 0 Å². The van der Waals surface area contributed by atoms with E-state index in [9.17, 15) is 19.3 Å². The molecule has 2 aromatic rings. The number of carbonyl (C=O) groups is 1. The van der Waals surface area contributed by atoms with E-state index in [2.05, 4.69) is 21.2 Å². The lowest BCUT2D eigenvalue weighted by atomic mass is 10.1. The normalized spacial score (nSPS) is 10.2. The van der Waals surface area contributed by atoms with Crippen molar-refractivity contribution in [2.75, 3.05) is 5.32 Å². The highest BCUT2D eigenvalue weighted by Crippen LogP contribution is 2.23. The molecule has 1 N–H and O–H groups in total. The van der Waals surface area contributed by atoms with Gasteiger partial charge in [0.15, 0.2) is 0 Å². The summed E-state index contributed by atoms with van der Waals surface area (Å²) in [5.41, 5.74) is 0.989. The van der Waals surface area contributed by atoms with Crippen LogP contribution < -0.4 is 5.32 Å². The molecule has 0 spiro atoms. The quantitative estimate of drug-likeness (QED) is 0.668. The predicted molar refractivity (Wildman–Crippen MR) is 79.9 cm³/mol. The summed E-state index contributed by atoms with van der Waals surface area (Å²) in [4.78, 5) is 22.2. The zero-order valence-electron chi connectivity index (χ0n) is 10.9. The van der Waals surface area contributed by atoms with Crippen molar-refractivity contribution < 1.29 is 14.1 Å². The van der Waals surface area contributed by atoms with Crippen LogP contribution in [0.5, 0.6) is 0 Å². The van der Waals surface area contributed by atoms with Crippen LogP contribution in [0.15, 0.2) is 40.9 Å². The molecular weight excluding hydrogens is 343 g/mol. The van der Waals surface area contributed by atoms with E-state index in [-0.39, 0.29) is 15.7 Å². The van der Waals surface area contributed by atoms with Crippen LogP contribution in [0.2, 0.25) is 0 Å². The van der Waals surface area contributed by atoms with Gasteiger partial charge in [0.1, 0.15) is 5.82 Å². The van der Waals surface area contributed by atoms with Crippen molar-refractivity contribution in [1.82, 2.24) is 0 Å². The van der Waals surface area contributed by atoms with Gasteiger partial charge in [-0.15, -0.1) is 0 Å². The number of nitrogens with zero attached hydrogens (tertiary/aromatic N) is 1. The predicted octanol–water partition coefficient (Wildman–Crippen LogP) is 4.06. The van der Waals surface area contributed by atoms with Gasteiger partial charge >= 0.3 is 0 Å². The van der Waals surface area contributed by atoms with Crippen molar-refractivity contribution in [1.29, 1.82) is 0 Å². The van der Waals surface area contributed by atoms with Crippen LogP contribution in [0.25, 0.3) is 0 Å². The van der Waals surface area contributed by atoms with E-state index in [1.165, 1.54) is 30.3 Å². The Morgan fingerprint density at radius 3 is 2.62 bits per heavy atom. The molecule has 21 heavy (non-hydrogen) atoms. The molecule has 0 aliphatic heterocycles. The third-order valence-corrected chi connectivity index (χ3v) is 3.51. The highest BCUT2D eigenvalue weighted by molar-refractivity contribution is 9.10. The maximum atomic E-state index is 13.4. The fourth-order valence-corrected chi connectivity index (χ4v) is 1.94. The van der Waals surface area contributed by atoms with Gasteiger partial charge in [0.25, 0.3) is 11.6 Å². The lowest BCUT2D eigenvalue weighted by molar-refractivity contribution is -0.384.